The van der Waals surface area contributed by atoms with Crippen LogP contribution < -0.4 is 10.0 Å². The third kappa shape index (κ3) is 3.21. The van der Waals surface area contributed by atoms with Gasteiger partial charge >= 0.3 is 0 Å². The van der Waals surface area contributed by atoms with Crippen LogP contribution in [0.3, 0.4) is 0 Å². The van der Waals surface area contributed by atoms with Crippen molar-refractivity contribution in [1.82, 2.24) is 19.8 Å². The second-order valence-electron chi connectivity index (χ2n) is 5.43. The Balaban J connectivity index is 2.24. The van der Waals surface area contributed by atoms with E-state index in [0.29, 0.717) is 22.8 Å². The predicted molar refractivity (Wildman–Crippen MR) is 78.2 cm³/mol. The molecule has 0 bridgehead atoms. The largest absolute Gasteiger partial charge is 0.318 e. The first kappa shape index (κ1) is 15.5. The fraction of sp³-hybridized carbons (Fsp3) is 0.769. The van der Waals surface area contributed by atoms with E-state index in [1.54, 1.807) is 11.6 Å². The summed E-state index contributed by atoms with van der Waals surface area (Å²) in [5.74, 6) is 0. The number of rotatable bonds is 6. The van der Waals surface area contributed by atoms with Crippen molar-refractivity contribution in [2.24, 2.45) is 0 Å². The summed E-state index contributed by atoms with van der Waals surface area (Å²) < 4.78 is 29.7. The number of likely N-dealkylation sites (N-methyl/N-ethyl adjacent to an activating group) is 1. The molecule has 1 heterocycles. The molecule has 0 aromatic carbocycles. The van der Waals surface area contributed by atoms with E-state index < -0.39 is 10.0 Å². The van der Waals surface area contributed by atoms with Gasteiger partial charge in [0, 0.05) is 12.6 Å². The van der Waals surface area contributed by atoms with Crippen LogP contribution in [-0.2, 0) is 16.6 Å². The lowest BCUT2D eigenvalue weighted by molar-refractivity contribution is 0.548. The number of hydrogen-bond acceptors (Lipinski definition) is 4. The lowest BCUT2D eigenvalue weighted by Crippen LogP contribution is -2.33. The number of nitrogens with zero attached hydrogens (tertiary/aromatic N) is 2. The quantitative estimate of drug-likeness (QED) is 0.820. The second kappa shape index (κ2) is 6.24. The van der Waals surface area contributed by atoms with Crippen molar-refractivity contribution >= 4 is 10.0 Å². The zero-order chi connectivity index (χ0) is 14.8. The first-order valence-electron chi connectivity index (χ1n) is 7.16. The monoisotopic (exact) mass is 300 g/mol. The Morgan fingerprint density at radius 1 is 1.30 bits per heavy atom. The zero-order valence-corrected chi connectivity index (χ0v) is 13.3. The molecular weight excluding hydrogens is 276 g/mol. The minimum atomic E-state index is -3.46. The number of hydrogen-bond donors (Lipinski definition) is 2. The highest BCUT2D eigenvalue weighted by Gasteiger charge is 2.28. The van der Waals surface area contributed by atoms with Crippen LogP contribution in [0.5, 0.6) is 0 Å². The summed E-state index contributed by atoms with van der Waals surface area (Å²) in [6.07, 6.45) is 4.08. The van der Waals surface area contributed by atoms with Crippen LogP contribution in [0.15, 0.2) is 4.90 Å². The van der Waals surface area contributed by atoms with Gasteiger partial charge in [-0.25, -0.2) is 13.1 Å². The average molecular weight is 300 g/mol. The van der Waals surface area contributed by atoms with Crippen molar-refractivity contribution < 1.29 is 8.42 Å². The van der Waals surface area contributed by atoms with Gasteiger partial charge in [0.2, 0.25) is 10.0 Å². The van der Waals surface area contributed by atoms with Gasteiger partial charge in [-0.3, -0.25) is 4.68 Å². The van der Waals surface area contributed by atoms with Gasteiger partial charge in [-0.05, 0) is 33.7 Å². The molecular formula is C13H24N4O2S. The highest BCUT2D eigenvalue weighted by Crippen LogP contribution is 2.23. The van der Waals surface area contributed by atoms with Gasteiger partial charge in [-0.2, -0.15) is 5.10 Å². The Morgan fingerprint density at radius 3 is 2.55 bits per heavy atom. The average Bonchev–Trinajstić information content (AvgIpc) is 2.94. The van der Waals surface area contributed by atoms with Gasteiger partial charge in [0.05, 0.1) is 17.9 Å². The molecule has 20 heavy (non-hydrogen) atoms. The summed E-state index contributed by atoms with van der Waals surface area (Å²) in [5, 5.41) is 7.39. The van der Waals surface area contributed by atoms with Crippen LogP contribution in [0.25, 0.3) is 0 Å². The van der Waals surface area contributed by atoms with E-state index in [2.05, 4.69) is 15.1 Å². The highest BCUT2D eigenvalue weighted by atomic mass is 32.2. The van der Waals surface area contributed by atoms with E-state index in [4.69, 9.17) is 0 Å². The van der Waals surface area contributed by atoms with Crippen molar-refractivity contribution in [3.63, 3.8) is 0 Å². The molecule has 0 spiro atoms. The minimum Gasteiger partial charge on any atom is -0.318 e. The standard InChI is InChI=1S/C13H24N4O2S/c1-10-13(11(2)17(15-10)9-8-14-3)20(18,19)16-12-6-4-5-7-12/h12,14,16H,4-9H2,1-3H3. The molecule has 0 atom stereocenters. The third-order valence-corrected chi connectivity index (χ3v) is 5.61. The number of sulfonamides is 1. The summed E-state index contributed by atoms with van der Waals surface area (Å²) in [6, 6.07) is 0.0828. The molecule has 0 amide bonds. The van der Waals surface area contributed by atoms with Gasteiger partial charge in [0.25, 0.3) is 0 Å². The number of nitrogens with one attached hydrogen (secondary N) is 2. The molecule has 114 valence electrons. The molecule has 2 N–H and O–H groups in total. The highest BCUT2D eigenvalue weighted by molar-refractivity contribution is 7.89. The lowest BCUT2D eigenvalue weighted by Gasteiger charge is -2.13. The molecule has 7 heteroatoms. The SMILES string of the molecule is CNCCn1nc(C)c(S(=O)(=O)NC2CCCC2)c1C. The first-order chi connectivity index (χ1) is 9.45. The van der Waals surface area contributed by atoms with E-state index in [9.17, 15) is 8.42 Å². The Kier molecular flexibility index (Phi) is 4.82. The molecule has 6 nitrogen and oxygen atoms in total. The molecule has 1 aliphatic rings. The summed E-state index contributed by atoms with van der Waals surface area (Å²) >= 11 is 0. The summed E-state index contributed by atoms with van der Waals surface area (Å²) in [5.41, 5.74) is 1.28. The van der Waals surface area contributed by atoms with Crippen molar-refractivity contribution in [2.45, 2.75) is 57.0 Å². The maximum absolute atomic E-state index is 12.5. The molecule has 2 rings (SSSR count). The van der Waals surface area contributed by atoms with E-state index in [-0.39, 0.29) is 6.04 Å². The van der Waals surface area contributed by atoms with Gasteiger partial charge in [0.1, 0.15) is 4.90 Å². The van der Waals surface area contributed by atoms with Crippen molar-refractivity contribution in [1.29, 1.82) is 0 Å². The third-order valence-electron chi connectivity index (χ3n) is 3.83. The fourth-order valence-electron chi connectivity index (χ4n) is 2.83. The second-order valence-corrected chi connectivity index (χ2v) is 7.08. The van der Waals surface area contributed by atoms with E-state index in [1.807, 2.05) is 14.0 Å². The van der Waals surface area contributed by atoms with Gasteiger partial charge < -0.3 is 5.32 Å². The van der Waals surface area contributed by atoms with E-state index in [0.717, 1.165) is 32.2 Å². The molecule has 1 aliphatic carbocycles. The van der Waals surface area contributed by atoms with Crippen LogP contribution in [0.4, 0.5) is 0 Å². The topological polar surface area (TPSA) is 76.0 Å². The Hall–Kier alpha value is -0.920. The smallest absolute Gasteiger partial charge is 0.244 e. The van der Waals surface area contributed by atoms with Crippen molar-refractivity contribution in [3.8, 4) is 0 Å². The van der Waals surface area contributed by atoms with Crippen LogP contribution in [0, 0.1) is 13.8 Å². The van der Waals surface area contributed by atoms with Gasteiger partial charge in [-0.15, -0.1) is 0 Å². The number of aromatic nitrogens is 2. The van der Waals surface area contributed by atoms with Crippen LogP contribution in [0.2, 0.25) is 0 Å². The van der Waals surface area contributed by atoms with Gasteiger partial charge in [0.15, 0.2) is 0 Å². The summed E-state index contributed by atoms with van der Waals surface area (Å²) in [6.45, 7) is 5.00. The molecule has 0 saturated heterocycles. The lowest BCUT2D eigenvalue weighted by atomic mass is 10.3. The predicted octanol–water partition coefficient (Wildman–Crippen LogP) is 0.940. The summed E-state index contributed by atoms with van der Waals surface area (Å²) in [4.78, 5) is 0.348. The molecule has 0 radical (unpaired) electrons. The fourth-order valence-corrected chi connectivity index (χ4v) is 4.54. The van der Waals surface area contributed by atoms with Crippen molar-refractivity contribution in [2.75, 3.05) is 13.6 Å². The Labute approximate surface area is 121 Å². The van der Waals surface area contributed by atoms with Crippen LogP contribution >= 0.6 is 0 Å². The van der Waals surface area contributed by atoms with Crippen molar-refractivity contribution in [3.05, 3.63) is 11.4 Å². The zero-order valence-electron chi connectivity index (χ0n) is 12.4. The summed E-state index contributed by atoms with van der Waals surface area (Å²) in [7, 11) is -1.60. The maximum atomic E-state index is 12.5. The molecule has 1 aromatic heterocycles. The van der Waals surface area contributed by atoms with Gasteiger partial charge in [-0.1, -0.05) is 12.8 Å². The Morgan fingerprint density at radius 2 is 1.95 bits per heavy atom. The normalized spacial score (nSPS) is 16.9. The minimum absolute atomic E-state index is 0.0828. The first-order valence-corrected chi connectivity index (χ1v) is 8.65. The molecule has 1 saturated carbocycles. The molecule has 0 unspecified atom stereocenters. The molecule has 1 fully saturated rings. The van der Waals surface area contributed by atoms with Crippen LogP contribution in [0.1, 0.15) is 37.1 Å². The Bertz CT molecular complexity index is 559. The molecule has 1 aromatic rings. The van der Waals surface area contributed by atoms with Crippen LogP contribution in [-0.4, -0.2) is 37.8 Å². The van der Waals surface area contributed by atoms with E-state index in [1.165, 1.54) is 0 Å². The maximum Gasteiger partial charge on any atom is 0.244 e. The number of aryl methyl sites for hydroxylation is 1. The van der Waals surface area contributed by atoms with E-state index >= 15 is 0 Å². The molecule has 0 aliphatic heterocycles.